The zero-order valence-corrected chi connectivity index (χ0v) is 15.6. The van der Waals surface area contributed by atoms with E-state index in [0.717, 1.165) is 44.9 Å². The summed E-state index contributed by atoms with van der Waals surface area (Å²) >= 11 is 0. The topological polar surface area (TPSA) is 37.3 Å². The molecule has 0 heterocycles. The molecule has 0 aromatic heterocycles. The first kappa shape index (κ1) is 17.1. The van der Waals surface area contributed by atoms with Gasteiger partial charge in [-0.15, -0.1) is 0 Å². The molecule has 0 aromatic rings. The molecule has 2 heteroatoms. The number of aliphatic hydroxyl groups is 1. The van der Waals surface area contributed by atoms with Crippen LogP contribution in [-0.2, 0) is 4.79 Å². The summed E-state index contributed by atoms with van der Waals surface area (Å²) in [6.45, 7) is 8.34. The highest BCUT2D eigenvalue weighted by Gasteiger charge is 2.63. The molecule has 0 spiro atoms. The first-order chi connectivity index (χ1) is 11.9. The molecule has 3 saturated carbocycles. The van der Waals surface area contributed by atoms with Gasteiger partial charge in [0.1, 0.15) is 5.60 Å². The minimum absolute atomic E-state index is 0.107. The van der Waals surface area contributed by atoms with Gasteiger partial charge in [0.05, 0.1) is 0 Å². The highest BCUT2D eigenvalue weighted by Crippen LogP contribution is 2.65. The molecule has 7 atom stereocenters. The molecule has 134 valence electrons. The Morgan fingerprint density at radius 3 is 2.88 bits per heavy atom. The van der Waals surface area contributed by atoms with Crippen molar-refractivity contribution in [2.45, 2.75) is 64.4 Å². The van der Waals surface area contributed by atoms with Crippen LogP contribution in [0.15, 0.2) is 24.3 Å². The van der Waals surface area contributed by atoms with Crippen molar-refractivity contribution in [3.05, 3.63) is 24.3 Å². The van der Waals surface area contributed by atoms with Gasteiger partial charge in [-0.05, 0) is 80.3 Å². The minimum Gasteiger partial charge on any atom is -0.377 e. The van der Waals surface area contributed by atoms with Crippen LogP contribution in [0.25, 0.3) is 0 Å². The van der Waals surface area contributed by atoms with Gasteiger partial charge in [-0.2, -0.15) is 0 Å². The summed E-state index contributed by atoms with van der Waals surface area (Å²) in [5, 5.41) is 11.3. The maximum Gasteiger partial charge on any atom is 0.155 e. The van der Waals surface area contributed by atoms with E-state index in [1.54, 1.807) is 6.08 Å². The van der Waals surface area contributed by atoms with Crippen molar-refractivity contribution in [3.63, 3.8) is 0 Å². The second-order valence-electron chi connectivity index (χ2n) is 9.19. The number of hydrogen-bond acceptors (Lipinski definition) is 2. The van der Waals surface area contributed by atoms with Crippen molar-refractivity contribution < 1.29 is 9.90 Å². The summed E-state index contributed by atoms with van der Waals surface area (Å²) in [5.74, 6) is 9.52. The SMILES string of the molecule is C=CC#C[C@]1(O)CCC2C3C(CC[C@@]21C)C1CCC(=O)C=C1C[C@H]3C. The van der Waals surface area contributed by atoms with Gasteiger partial charge < -0.3 is 5.11 Å². The van der Waals surface area contributed by atoms with Gasteiger partial charge in [0.2, 0.25) is 0 Å². The summed E-state index contributed by atoms with van der Waals surface area (Å²) in [5.41, 5.74) is 0.451. The van der Waals surface area contributed by atoms with Crippen LogP contribution >= 0.6 is 0 Å². The Morgan fingerprint density at radius 2 is 2.12 bits per heavy atom. The molecule has 0 aliphatic heterocycles. The molecule has 3 fully saturated rings. The van der Waals surface area contributed by atoms with Crippen molar-refractivity contribution in [2.75, 3.05) is 0 Å². The zero-order valence-electron chi connectivity index (χ0n) is 15.6. The van der Waals surface area contributed by atoms with Gasteiger partial charge in [-0.25, -0.2) is 0 Å². The third kappa shape index (κ3) is 2.39. The molecule has 0 bridgehead atoms. The molecule has 0 radical (unpaired) electrons. The van der Waals surface area contributed by atoms with Crippen LogP contribution in [0.5, 0.6) is 0 Å². The van der Waals surface area contributed by atoms with Crippen molar-refractivity contribution in [1.29, 1.82) is 0 Å². The van der Waals surface area contributed by atoms with Crippen LogP contribution in [0.4, 0.5) is 0 Å². The number of ketones is 1. The van der Waals surface area contributed by atoms with Gasteiger partial charge in [0, 0.05) is 11.8 Å². The first-order valence-corrected chi connectivity index (χ1v) is 9.99. The van der Waals surface area contributed by atoms with Crippen LogP contribution in [0.3, 0.4) is 0 Å². The third-order valence-electron chi connectivity index (χ3n) is 8.17. The van der Waals surface area contributed by atoms with Gasteiger partial charge in [-0.3, -0.25) is 4.79 Å². The lowest BCUT2D eigenvalue weighted by Crippen LogP contribution is -2.54. The van der Waals surface area contributed by atoms with Gasteiger partial charge in [0.25, 0.3) is 0 Å². The van der Waals surface area contributed by atoms with Crippen molar-refractivity contribution in [2.24, 2.45) is 35.0 Å². The average Bonchev–Trinajstić information content (AvgIpc) is 2.84. The van der Waals surface area contributed by atoms with E-state index >= 15 is 0 Å². The second-order valence-corrected chi connectivity index (χ2v) is 9.19. The quantitative estimate of drug-likeness (QED) is 0.669. The molecule has 1 N–H and O–H groups in total. The summed E-state index contributed by atoms with van der Waals surface area (Å²) < 4.78 is 0. The molecule has 4 unspecified atom stereocenters. The monoisotopic (exact) mass is 338 g/mol. The lowest BCUT2D eigenvalue weighted by Gasteiger charge is -2.56. The van der Waals surface area contributed by atoms with E-state index in [2.05, 4.69) is 32.3 Å². The summed E-state index contributed by atoms with van der Waals surface area (Å²) in [6, 6.07) is 0. The highest BCUT2D eigenvalue weighted by atomic mass is 16.3. The predicted molar refractivity (Wildman–Crippen MR) is 99.6 cm³/mol. The molecule has 2 nitrogen and oxygen atoms in total. The summed E-state index contributed by atoms with van der Waals surface area (Å²) in [4.78, 5) is 11.9. The van der Waals surface area contributed by atoms with E-state index in [0.29, 0.717) is 35.4 Å². The predicted octanol–water partition coefficient (Wildman–Crippen LogP) is 4.29. The van der Waals surface area contributed by atoms with E-state index in [9.17, 15) is 9.90 Å². The maximum atomic E-state index is 11.9. The molecule has 4 aliphatic carbocycles. The van der Waals surface area contributed by atoms with Gasteiger partial charge >= 0.3 is 0 Å². The third-order valence-corrected chi connectivity index (χ3v) is 8.17. The van der Waals surface area contributed by atoms with E-state index in [1.165, 1.54) is 5.57 Å². The lowest BCUT2D eigenvalue weighted by atomic mass is 9.48. The van der Waals surface area contributed by atoms with Crippen LogP contribution in [0.1, 0.15) is 58.8 Å². The Labute approximate surface area is 151 Å². The fourth-order valence-corrected chi connectivity index (χ4v) is 6.98. The molecule has 25 heavy (non-hydrogen) atoms. The largest absolute Gasteiger partial charge is 0.377 e. The molecular weight excluding hydrogens is 308 g/mol. The molecule has 0 saturated heterocycles. The van der Waals surface area contributed by atoms with E-state index in [4.69, 9.17) is 0 Å². The number of carbonyl (C=O) groups is 1. The Balaban J connectivity index is 1.68. The highest BCUT2D eigenvalue weighted by molar-refractivity contribution is 5.91. The Kier molecular flexibility index (Phi) is 4.00. The fourth-order valence-electron chi connectivity index (χ4n) is 6.98. The standard InChI is InChI=1S/C23H30O2/c1-4-5-10-23(25)12-9-20-21-15(2)13-16-14-17(24)6-7-18(16)19(21)8-11-22(20,23)3/h4,14-15,18-21,25H,1,6-9,11-13H2,2-3H3/t15-,18?,19?,20?,21?,22+,23+/m1/s1. The summed E-state index contributed by atoms with van der Waals surface area (Å²) in [7, 11) is 0. The molecule has 4 rings (SSSR count). The zero-order chi connectivity index (χ0) is 17.8. The number of hydrogen-bond donors (Lipinski definition) is 1. The van der Waals surface area contributed by atoms with Crippen molar-refractivity contribution in [3.8, 4) is 11.8 Å². The Hall–Kier alpha value is -1.33. The number of carbonyl (C=O) groups excluding carboxylic acids is 1. The number of allylic oxidation sites excluding steroid dienone is 2. The van der Waals surface area contributed by atoms with Crippen LogP contribution in [-0.4, -0.2) is 16.5 Å². The minimum atomic E-state index is -0.866. The van der Waals surface area contributed by atoms with Gasteiger partial charge in [-0.1, -0.05) is 37.8 Å². The van der Waals surface area contributed by atoms with E-state index in [-0.39, 0.29) is 5.41 Å². The molecule has 0 aromatic carbocycles. The Morgan fingerprint density at radius 1 is 1.32 bits per heavy atom. The first-order valence-electron chi connectivity index (χ1n) is 9.99. The maximum absolute atomic E-state index is 11.9. The molecular formula is C23H30O2. The smallest absolute Gasteiger partial charge is 0.155 e. The van der Waals surface area contributed by atoms with Crippen molar-refractivity contribution in [1.82, 2.24) is 0 Å². The van der Waals surface area contributed by atoms with Crippen molar-refractivity contribution >= 4 is 5.78 Å². The number of fused-ring (bicyclic) bond motifs is 5. The van der Waals surface area contributed by atoms with E-state index in [1.807, 2.05) is 6.08 Å². The second kappa shape index (κ2) is 5.85. The molecule has 0 amide bonds. The van der Waals surface area contributed by atoms with Gasteiger partial charge in [0.15, 0.2) is 5.78 Å². The fraction of sp³-hybridized carbons (Fsp3) is 0.696. The van der Waals surface area contributed by atoms with Crippen LogP contribution in [0, 0.1) is 46.8 Å². The normalized spacial score (nSPS) is 48.4. The van der Waals surface area contributed by atoms with Crippen LogP contribution in [0.2, 0.25) is 0 Å². The Bertz CT molecular complexity index is 693. The summed E-state index contributed by atoms with van der Waals surface area (Å²) in [6.07, 6.45) is 10.5. The molecule has 4 aliphatic rings. The van der Waals surface area contributed by atoms with Crippen LogP contribution < -0.4 is 0 Å². The number of rotatable bonds is 0. The average molecular weight is 338 g/mol. The lowest BCUT2D eigenvalue weighted by molar-refractivity contribution is -0.117. The van der Waals surface area contributed by atoms with E-state index < -0.39 is 5.60 Å².